The van der Waals surface area contributed by atoms with E-state index in [0.717, 1.165) is 0 Å². The Morgan fingerprint density at radius 3 is 2.20 bits per heavy atom. The van der Waals surface area contributed by atoms with Gasteiger partial charge in [0, 0.05) is 5.56 Å². The summed E-state index contributed by atoms with van der Waals surface area (Å²) in [5, 5.41) is 10.3. The van der Waals surface area contributed by atoms with E-state index in [1.165, 1.54) is 50.6 Å². The molecular formula is C15H14F2O3. The molecule has 0 spiro atoms. The molecule has 20 heavy (non-hydrogen) atoms. The van der Waals surface area contributed by atoms with Crippen molar-refractivity contribution in [3.63, 3.8) is 0 Å². The maximum atomic E-state index is 14.1. The van der Waals surface area contributed by atoms with Crippen LogP contribution in [0.3, 0.4) is 0 Å². The van der Waals surface area contributed by atoms with Crippen molar-refractivity contribution in [2.75, 3.05) is 14.2 Å². The third kappa shape index (κ3) is 2.44. The summed E-state index contributed by atoms with van der Waals surface area (Å²) in [6.45, 7) is 0. The average molecular weight is 280 g/mol. The molecule has 2 rings (SSSR count). The van der Waals surface area contributed by atoms with E-state index in [-0.39, 0.29) is 22.6 Å². The monoisotopic (exact) mass is 280 g/mol. The maximum Gasteiger partial charge on any atom is 0.171 e. The van der Waals surface area contributed by atoms with Crippen LogP contribution in [-0.2, 0) is 0 Å². The number of rotatable bonds is 4. The number of hydrogen-bond donors (Lipinski definition) is 1. The van der Waals surface area contributed by atoms with E-state index in [4.69, 9.17) is 9.47 Å². The highest BCUT2D eigenvalue weighted by Crippen LogP contribution is 2.35. The quantitative estimate of drug-likeness (QED) is 0.935. The average Bonchev–Trinajstić information content (AvgIpc) is 2.46. The summed E-state index contributed by atoms with van der Waals surface area (Å²) in [6.07, 6.45) is -1.48. The molecule has 0 aliphatic carbocycles. The van der Waals surface area contributed by atoms with Crippen LogP contribution < -0.4 is 9.47 Å². The second-order valence-electron chi connectivity index (χ2n) is 4.12. The molecule has 2 aromatic carbocycles. The second-order valence-corrected chi connectivity index (χ2v) is 4.12. The van der Waals surface area contributed by atoms with Crippen molar-refractivity contribution in [2.45, 2.75) is 6.10 Å². The van der Waals surface area contributed by atoms with Crippen LogP contribution >= 0.6 is 0 Å². The Morgan fingerprint density at radius 2 is 1.55 bits per heavy atom. The van der Waals surface area contributed by atoms with Crippen LogP contribution in [0.15, 0.2) is 36.4 Å². The number of hydrogen-bond acceptors (Lipinski definition) is 3. The van der Waals surface area contributed by atoms with Gasteiger partial charge in [-0.15, -0.1) is 0 Å². The van der Waals surface area contributed by atoms with E-state index in [0.29, 0.717) is 0 Å². The highest BCUT2D eigenvalue weighted by atomic mass is 19.1. The molecule has 0 radical (unpaired) electrons. The summed E-state index contributed by atoms with van der Waals surface area (Å²) in [7, 11) is 2.67. The van der Waals surface area contributed by atoms with E-state index in [9.17, 15) is 13.9 Å². The molecule has 106 valence electrons. The number of aliphatic hydroxyl groups excluding tert-OH is 1. The minimum absolute atomic E-state index is 0.0168. The predicted molar refractivity (Wildman–Crippen MR) is 70.0 cm³/mol. The first kappa shape index (κ1) is 14.3. The van der Waals surface area contributed by atoms with Gasteiger partial charge in [-0.1, -0.05) is 18.2 Å². The normalized spacial score (nSPS) is 12.1. The minimum Gasteiger partial charge on any atom is -0.496 e. The Bertz CT molecular complexity index is 614. The van der Waals surface area contributed by atoms with Crippen molar-refractivity contribution in [3.8, 4) is 11.5 Å². The summed E-state index contributed by atoms with van der Waals surface area (Å²) in [5.41, 5.74) is -0.185. The van der Waals surface area contributed by atoms with Gasteiger partial charge in [0.1, 0.15) is 17.7 Å². The standard InChI is InChI=1S/C15H14F2O3/c1-19-11-7-4-6-10(16)13(11)15(18)9-5-3-8-12(20-2)14(9)17/h3-8,15,18H,1-2H3. The lowest BCUT2D eigenvalue weighted by atomic mass is 9.99. The van der Waals surface area contributed by atoms with Crippen molar-refractivity contribution in [3.05, 3.63) is 59.2 Å². The lowest BCUT2D eigenvalue weighted by molar-refractivity contribution is 0.202. The van der Waals surface area contributed by atoms with Gasteiger partial charge in [0.05, 0.1) is 19.8 Å². The molecule has 5 heteroatoms. The van der Waals surface area contributed by atoms with Gasteiger partial charge in [-0.2, -0.15) is 0 Å². The maximum absolute atomic E-state index is 14.1. The third-order valence-electron chi connectivity index (χ3n) is 3.01. The Labute approximate surface area is 115 Å². The smallest absolute Gasteiger partial charge is 0.171 e. The van der Waals surface area contributed by atoms with Crippen LogP contribution in [0.25, 0.3) is 0 Å². The number of aliphatic hydroxyl groups is 1. The first-order chi connectivity index (χ1) is 9.60. The Kier molecular flexibility index (Phi) is 4.20. The first-order valence-electron chi connectivity index (χ1n) is 5.93. The molecule has 0 saturated carbocycles. The highest BCUT2D eigenvalue weighted by Gasteiger charge is 2.24. The molecule has 0 saturated heterocycles. The molecule has 0 heterocycles. The Balaban J connectivity index is 2.55. The van der Waals surface area contributed by atoms with Gasteiger partial charge in [0.2, 0.25) is 0 Å². The van der Waals surface area contributed by atoms with E-state index in [2.05, 4.69) is 0 Å². The van der Waals surface area contributed by atoms with Gasteiger partial charge in [-0.25, -0.2) is 8.78 Å². The minimum atomic E-state index is -1.48. The van der Waals surface area contributed by atoms with Crippen LogP contribution in [-0.4, -0.2) is 19.3 Å². The predicted octanol–water partition coefficient (Wildman–Crippen LogP) is 3.06. The van der Waals surface area contributed by atoms with Crippen molar-refractivity contribution in [1.82, 2.24) is 0 Å². The molecule has 0 aliphatic heterocycles. The van der Waals surface area contributed by atoms with Gasteiger partial charge >= 0.3 is 0 Å². The zero-order valence-corrected chi connectivity index (χ0v) is 11.1. The molecular weight excluding hydrogens is 266 g/mol. The van der Waals surface area contributed by atoms with Gasteiger partial charge < -0.3 is 14.6 Å². The molecule has 0 aromatic heterocycles. The largest absolute Gasteiger partial charge is 0.496 e. The van der Waals surface area contributed by atoms with Crippen LogP contribution in [0, 0.1) is 11.6 Å². The SMILES string of the molecule is COc1cccc(C(O)c2c(F)cccc2OC)c1F. The molecule has 1 atom stereocenters. The molecule has 0 bridgehead atoms. The summed E-state index contributed by atoms with van der Waals surface area (Å²) < 4.78 is 37.9. The zero-order valence-electron chi connectivity index (χ0n) is 11.1. The van der Waals surface area contributed by atoms with Crippen LogP contribution in [0.5, 0.6) is 11.5 Å². The Hall–Kier alpha value is -2.14. The third-order valence-corrected chi connectivity index (χ3v) is 3.01. The van der Waals surface area contributed by atoms with Gasteiger partial charge in [-0.3, -0.25) is 0 Å². The fourth-order valence-electron chi connectivity index (χ4n) is 2.01. The molecule has 0 aliphatic rings. The molecule has 0 amide bonds. The van der Waals surface area contributed by atoms with Gasteiger partial charge in [-0.05, 0) is 18.2 Å². The van der Waals surface area contributed by atoms with E-state index < -0.39 is 17.7 Å². The topological polar surface area (TPSA) is 38.7 Å². The second kappa shape index (κ2) is 5.88. The van der Waals surface area contributed by atoms with E-state index in [1.807, 2.05) is 0 Å². The molecule has 2 aromatic rings. The molecule has 1 N–H and O–H groups in total. The lowest BCUT2D eigenvalue weighted by Gasteiger charge is -2.17. The summed E-state index contributed by atoms with van der Waals surface area (Å²) in [5.74, 6) is -1.26. The van der Waals surface area contributed by atoms with Crippen LogP contribution in [0.1, 0.15) is 17.2 Å². The molecule has 3 nitrogen and oxygen atoms in total. The summed E-state index contributed by atoms with van der Waals surface area (Å²) in [6, 6.07) is 8.44. The fraction of sp³-hybridized carbons (Fsp3) is 0.200. The van der Waals surface area contributed by atoms with Crippen LogP contribution in [0.4, 0.5) is 8.78 Å². The number of benzene rings is 2. The van der Waals surface area contributed by atoms with Crippen molar-refractivity contribution in [2.24, 2.45) is 0 Å². The molecule has 0 fully saturated rings. The van der Waals surface area contributed by atoms with Gasteiger partial charge in [0.15, 0.2) is 11.6 Å². The summed E-state index contributed by atoms with van der Waals surface area (Å²) in [4.78, 5) is 0. The van der Waals surface area contributed by atoms with Crippen LogP contribution in [0.2, 0.25) is 0 Å². The fourth-order valence-corrected chi connectivity index (χ4v) is 2.01. The number of methoxy groups -OCH3 is 2. The van der Waals surface area contributed by atoms with E-state index in [1.54, 1.807) is 0 Å². The molecule has 1 unspecified atom stereocenters. The first-order valence-corrected chi connectivity index (χ1v) is 5.93. The number of halogens is 2. The highest BCUT2D eigenvalue weighted by molar-refractivity contribution is 5.43. The lowest BCUT2D eigenvalue weighted by Crippen LogP contribution is -2.08. The van der Waals surface area contributed by atoms with E-state index >= 15 is 0 Å². The summed E-state index contributed by atoms with van der Waals surface area (Å²) >= 11 is 0. The van der Waals surface area contributed by atoms with Gasteiger partial charge in [0.25, 0.3) is 0 Å². The Morgan fingerprint density at radius 1 is 0.950 bits per heavy atom. The van der Waals surface area contributed by atoms with Crippen molar-refractivity contribution in [1.29, 1.82) is 0 Å². The number of ether oxygens (including phenoxy) is 2. The van der Waals surface area contributed by atoms with Crippen molar-refractivity contribution >= 4 is 0 Å². The zero-order chi connectivity index (χ0) is 14.7. The van der Waals surface area contributed by atoms with Crippen molar-refractivity contribution < 1.29 is 23.4 Å².